The number of nitrogens with zero attached hydrogens (tertiary/aromatic N) is 1. The van der Waals surface area contributed by atoms with Gasteiger partial charge >= 0.3 is 0 Å². The van der Waals surface area contributed by atoms with Crippen molar-refractivity contribution < 1.29 is 4.74 Å². The second-order valence-corrected chi connectivity index (χ2v) is 4.93. The fourth-order valence-electron chi connectivity index (χ4n) is 2.14. The molecule has 1 heterocycles. The van der Waals surface area contributed by atoms with Crippen molar-refractivity contribution in [3.8, 4) is 5.75 Å². The van der Waals surface area contributed by atoms with Crippen LogP contribution in [0.4, 0.5) is 0 Å². The predicted octanol–water partition coefficient (Wildman–Crippen LogP) is 2.35. The zero-order chi connectivity index (χ0) is 12.3. The van der Waals surface area contributed by atoms with Crippen molar-refractivity contribution in [3.63, 3.8) is 0 Å². The summed E-state index contributed by atoms with van der Waals surface area (Å²) in [5.74, 6) is 1.05. The molecule has 5 heteroatoms. The average Bonchev–Trinajstić information content (AvgIpc) is 2.74. The van der Waals surface area contributed by atoms with Crippen LogP contribution in [-0.4, -0.2) is 38.7 Å². The maximum absolute atomic E-state index is 6.13. The van der Waals surface area contributed by atoms with E-state index in [4.69, 9.17) is 16.3 Å². The minimum atomic E-state index is 0. The number of ether oxygens (including phenoxy) is 1. The Morgan fingerprint density at radius 1 is 1.44 bits per heavy atom. The van der Waals surface area contributed by atoms with E-state index in [0.717, 1.165) is 43.4 Å². The van der Waals surface area contributed by atoms with Crippen LogP contribution < -0.4 is 10.1 Å². The fraction of sp³-hybridized carbons (Fsp3) is 0.538. The van der Waals surface area contributed by atoms with E-state index in [9.17, 15) is 0 Å². The lowest BCUT2D eigenvalue weighted by Crippen LogP contribution is -2.27. The number of benzene rings is 1. The van der Waals surface area contributed by atoms with E-state index in [0.29, 0.717) is 0 Å². The van der Waals surface area contributed by atoms with E-state index in [-0.39, 0.29) is 12.4 Å². The van der Waals surface area contributed by atoms with Crippen LogP contribution in [0.3, 0.4) is 0 Å². The summed E-state index contributed by atoms with van der Waals surface area (Å²) in [4.78, 5) is 2.27. The Labute approximate surface area is 120 Å². The molecule has 0 fully saturated rings. The summed E-state index contributed by atoms with van der Waals surface area (Å²) in [5, 5.41) is 3.96. The summed E-state index contributed by atoms with van der Waals surface area (Å²) >= 11 is 6.13. The molecule has 1 aliphatic heterocycles. The molecule has 0 saturated carbocycles. The van der Waals surface area contributed by atoms with Gasteiger partial charge < -0.3 is 15.0 Å². The third kappa shape index (κ3) is 3.75. The SMILES string of the molecule is CNCCN(C)Cc1cc(Cl)cc2c1OCC2.Cl. The van der Waals surface area contributed by atoms with Gasteiger partial charge in [-0.15, -0.1) is 12.4 Å². The second-order valence-electron chi connectivity index (χ2n) is 4.49. The van der Waals surface area contributed by atoms with Crippen LogP contribution in [0.5, 0.6) is 5.75 Å². The minimum Gasteiger partial charge on any atom is -0.493 e. The highest BCUT2D eigenvalue weighted by Crippen LogP contribution is 2.33. The van der Waals surface area contributed by atoms with Gasteiger partial charge in [-0.25, -0.2) is 0 Å². The number of halogens is 2. The normalized spacial score (nSPS) is 13.1. The molecule has 18 heavy (non-hydrogen) atoms. The van der Waals surface area contributed by atoms with Crippen LogP contribution in [0.1, 0.15) is 11.1 Å². The largest absolute Gasteiger partial charge is 0.493 e. The molecule has 3 nitrogen and oxygen atoms in total. The molecule has 1 aliphatic rings. The van der Waals surface area contributed by atoms with Gasteiger partial charge in [0.05, 0.1) is 6.61 Å². The Bertz CT molecular complexity index is 399. The molecule has 0 bridgehead atoms. The van der Waals surface area contributed by atoms with Gasteiger partial charge in [-0.1, -0.05) is 11.6 Å². The molecule has 1 aromatic carbocycles. The first kappa shape index (κ1) is 15.6. The topological polar surface area (TPSA) is 24.5 Å². The highest BCUT2D eigenvalue weighted by molar-refractivity contribution is 6.30. The summed E-state index contributed by atoms with van der Waals surface area (Å²) < 4.78 is 5.69. The predicted molar refractivity (Wildman–Crippen MR) is 78.2 cm³/mol. The Kier molecular flexibility index (Phi) is 6.22. The molecule has 2 rings (SSSR count). The zero-order valence-corrected chi connectivity index (χ0v) is 12.4. The van der Waals surface area contributed by atoms with E-state index in [1.54, 1.807) is 0 Å². The van der Waals surface area contributed by atoms with Gasteiger partial charge in [0.15, 0.2) is 0 Å². The molecule has 1 aromatic rings. The molecular formula is C13H20Cl2N2O. The van der Waals surface area contributed by atoms with E-state index >= 15 is 0 Å². The van der Waals surface area contributed by atoms with Gasteiger partial charge in [0, 0.05) is 36.6 Å². The molecule has 0 spiro atoms. The first-order chi connectivity index (χ1) is 8.20. The van der Waals surface area contributed by atoms with Gasteiger partial charge in [0.2, 0.25) is 0 Å². The Morgan fingerprint density at radius 2 is 2.22 bits per heavy atom. The third-order valence-electron chi connectivity index (χ3n) is 3.01. The van der Waals surface area contributed by atoms with Gasteiger partial charge in [-0.05, 0) is 31.8 Å². The van der Waals surface area contributed by atoms with Gasteiger partial charge in [0.1, 0.15) is 5.75 Å². The molecule has 0 atom stereocenters. The molecule has 1 N–H and O–H groups in total. The summed E-state index contributed by atoms with van der Waals surface area (Å²) in [6, 6.07) is 4.03. The van der Waals surface area contributed by atoms with Gasteiger partial charge in [0.25, 0.3) is 0 Å². The lowest BCUT2D eigenvalue weighted by molar-refractivity contribution is 0.311. The lowest BCUT2D eigenvalue weighted by Gasteiger charge is -2.18. The first-order valence-electron chi connectivity index (χ1n) is 5.98. The summed E-state index contributed by atoms with van der Waals surface area (Å²) in [5.41, 5.74) is 2.44. The van der Waals surface area contributed by atoms with Crippen molar-refractivity contribution >= 4 is 24.0 Å². The Morgan fingerprint density at radius 3 is 2.94 bits per heavy atom. The van der Waals surface area contributed by atoms with Crippen LogP contribution in [0.15, 0.2) is 12.1 Å². The number of nitrogens with one attached hydrogen (secondary N) is 1. The number of hydrogen-bond donors (Lipinski definition) is 1. The summed E-state index contributed by atoms with van der Waals surface area (Å²) in [7, 11) is 4.08. The van der Waals surface area contributed by atoms with E-state index in [2.05, 4.69) is 17.3 Å². The molecule has 0 unspecified atom stereocenters. The van der Waals surface area contributed by atoms with Crippen LogP contribution in [-0.2, 0) is 13.0 Å². The molecule has 102 valence electrons. The highest BCUT2D eigenvalue weighted by atomic mass is 35.5. The Hall–Kier alpha value is -0.480. The first-order valence-corrected chi connectivity index (χ1v) is 6.35. The summed E-state index contributed by atoms with van der Waals surface area (Å²) in [6.07, 6.45) is 0.975. The van der Waals surface area contributed by atoms with Crippen molar-refractivity contribution in [2.45, 2.75) is 13.0 Å². The number of fused-ring (bicyclic) bond motifs is 1. The quantitative estimate of drug-likeness (QED) is 0.901. The second kappa shape index (κ2) is 7.19. The average molecular weight is 291 g/mol. The van der Waals surface area contributed by atoms with Crippen molar-refractivity contribution in [3.05, 3.63) is 28.3 Å². The number of hydrogen-bond acceptors (Lipinski definition) is 3. The van der Waals surface area contributed by atoms with Crippen molar-refractivity contribution in [2.24, 2.45) is 0 Å². The minimum absolute atomic E-state index is 0. The molecule has 0 radical (unpaired) electrons. The van der Waals surface area contributed by atoms with Gasteiger partial charge in [-0.3, -0.25) is 0 Å². The lowest BCUT2D eigenvalue weighted by atomic mass is 10.1. The van der Waals surface area contributed by atoms with Crippen molar-refractivity contribution in [2.75, 3.05) is 33.8 Å². The molecular weight excluding hydrogens is 271 g/mol. The monoisotopic (exact) mass is 290 g/mol. The zero-order valence-electron chi connectivity index (χ0n) is 10.8. The van der Waals surface area contributed by atoms with Crippen molar-refractivity contribution in [1.82, 2.24) is 10.2 Å². The van der Waals surface area contributed by atoms with E-state index < -0.39 is 0 Å². The molecule has 0 aliphatic carbocycles. The highest BCUT2D eigenvalue weighted by Gasteiger charge is 2.18. The molecule has 0 aromatic heterocycles. The third-order valence-corrected chi connectivity index (χ3v) is 3.23. The maximum atomic E-state index is 6.13. The van der Waals surface area contributed by atoms with Crippen LogP contribution in [0.25, 0.3) is 0 Å². The molecule has 0 saturated heterocycles. The number of rotatable bonds is 5. The van der Waals surface area contributed by atoms with Crippen molar-refractivity contribution in [1.29, 1.82) is 0 Å². The standard InChI is InChI=1S/C13H19ClN2O.ClH/c1-15-4-5-16(2)9-11-8-12(14)7-10-3-6-17-13(10)11;/h7-8,15H,3-6,9H2,1-2H3;1H. The van der Waals surface area contributed by atoms with E-state index in [1.807, 2.05) is 19.2 Å². The Balaban J connectivity index is 0.00000162. The summed E-state index contributed by atoms with van der Waals surface area (Å²) in [6.45, 7) is 3.66. The maximum Gasteiger partial charge on any atom is 0.127 e. The fourth-order valence-corrected chi connectivity index (χ4v) is 2.40. The van der Waals surface area contributed by atoms with Crippen LogP contribution >= 0.6 is 24.0 Å². The van der Waals surface area contributed by atoms with E-state index in [1.165, 1.54) is 11.1 Å². The van der Waals surface area contributed by atoms with Gasteiger partial charge in [-0.2, -0.15) is 0 Å². The number of likely N-dealkylation sites (N-methyl/N-ethyl adjacent to an activating group) is 2. The van der Waals surface area contributed by atoms with Crippen LogP contribution in [0, 0.1) is 0 Å². The van der Waals surface area contributed by atoms with Crippen LogP contribution in [0.2, 0.25) is 5.02 Å². The molecule has 0 amide bonds. The smallest absolute Gasteiger partial charge is 0.127 e.